The Labute approximate surface area is 103 Å². The van der Waals surface area contributed by atoms with E-state index >= 15 is 0 Å². The van der Waals surface area contributed by atoms with Gasteiger partial charge in [0.15, 0.2) is 5.82 Å². The molecule has 0 aliphatic rings. The molecule has 17 heavy (non-hydrogen) atoms. The molecule has 0 aliphatic carbocycles. The highest BCUT2D eigenvalue weighted by atomic mass is 32.1. The summed E-state index contributed by atoms with van der Waals surface area (Å²) in [5, 5.41) is 6.77. The van der Waals surface area contributed by atoms with E-state index in [0.717, 1.165) is 5.56 Å². The van der Waals surface area contributed by atoms with Crippen molar-refractivity contribution in [2.45, 2.75) is 6.54 Å². The molecule has 2 aromatic rings. The minimum absolute atomic E-state index is 0.197. The highest BCUT2D eigenvalue weighted by molar-refractivity contribution is 7.07. The van der Waals surface area contributed by atoms with Crippen molar-refractivity contribution in [1.29, 1.82) is 0 Å². The molecule has 0 aliphatic heterocycles. The van der Waals surface area contributed by atoms with Crippen LogP contribution < -0.4 is 16.6 Å². The quantitative estimate of drug-likeness (QED) is 0.564. The Morgan fingerprint density at radius 1 is 1.47 bits per heavy atom. The molecule has 2 heterocycles. The average Bonchev–Trinajstić information content (AvgIpc) is 2.89. The van der Waals surface area contributed by atoms with Crippen LogP contribution in [0.5, 0.6) is 0 Å². The van der Waals surface area contributed by atoms with Crippen molar-refractivity contribution in [3.63, 3.8) is 0 Å². The normalized spacial score (nSPS) is 9.94. The van der Waals surface area contributed by atoms with Crippen LogP contribution in [0.1, 0.15) is 15.9 Å². The molecular weight excluding hydrogens is 236 g/mol. The van der Waals surface area contributed by atoms with Crippen LogP contribution >= 0.6 is 11.3 Å². The number of nitrogens with zero attached hydrogens (tertiary/aromatic N) is 1. The standard InChI is InChI=1S/C11H12N4OS/c12-15-10-9(2-1-4-13-10)11(16)14-6-8-3-5-17-7-8/h1-5,7H,6,12H2,(H,13,15)(H,14,16). The number of pyridine rings is 1. The number of nitrogens with two attached hydrogens (primary N) is 1. The van der Waals surface area contributed by atoms with Gasteiger partial charge < -0.3 is 10.7 Å². The Hall–Kier alpha value is -1.92. The third-order valence-corrected chi connectivity index (χ3v) is 2.95. The molecule has 6 heteroatoms. The number of thiophene rings is 1. The fourth-order valence-corrected chi connectivity index (χ4v) is 2.04. The molecule has 0 bridgehead atoms. The number of amides is 1. The Morgan fingerprint density at radius 3 is 3.06 bits per heavy atom. The first-order valence-corrected chi connectivity index (χ1v) is 5.96. The summed E-state index contributed by atoms with van der Waals surface area (Å²) in [6.07, 6.45) is 1.57. The van der Waals surface area contributed by atoms with Gasteiger partial charge in [-0.1, -0.05) is 0 Å². The number of rotatable bonds is 4. The molecule has 0 aromatic carbocycles. The molecule has 2 rings (SSSR count). The predicted molar refractivity (Wildman–Crippen MR) is 67.5 cm³/mol. The molecular formula is C11H12N4OS. The molecule has 0 atom stereocenters. The fourth-order valence-electron chi connectivity index (χ4n) is 1.37. The molecule has 0 saturated carbocycles. The maximum Gasteiger partial charge on any atom is 0.255 e. The van der Waals surface area contributed by atoms with Crippen molar-refractivity contribution in [3.05, 3.63) is 46.3 Å². The lowest BCUT2D eigenvalue weighted by atomic mass is 10.2. The number of anilines is 1. The summed E-state index contributed by atoms with van der Waals surface area (Å²) in [5.41, 5.74) is 3.91. The van der Waals surface area contributed by atoms with Crippen molar-refractivity contribution < 1.29 is 4.79 Å². The Morgan fingerprint density at radius 2 is 2.35 bits per heavy atom. The summed E-state index contributed by atoms with van der Waals surface area (Å²) < 4.78 is 0. The Kier molecular flexibility index (Phi) is 3.69. The fraction of sp³-hybridized carbons (Fsp3) is 0.0909. The number of nitrogen functional groups attached to an aromatic ring is 1. The van der Waals surface area contributed by atoms with E-state index < -0.39 is 0 Å². The van der Waals surface area contributed by atoms with Gasteiger partial charge in [-0.05, 0) is 34.5 Å². The van der Waals surface area contributed by atoms with E-state index in [0.29, 0.717) is 17.9 Å². The van der Waals surface area contributed by atoms with Gasteiger partial charge in [0.05, 0.1) is 5.56 Å². The van der Waals surface area contributed by atoms with E-state index in [-0.39, 0.29) is 5.91 Å². The second-order valence-electron chi connectivity index (χ2n) is 3.36. The highest BCUT2D eigenvalue weighted by Crippen LogP contribution is 2.10. The lowest BCUT2D eigenvalue weighted by molar-refractivity contribution is 0.0951. The van der Waals surface area contributed by atoms with Gasteiger partial charge in [0.1, 0.15) is 0 Å². The van der Waals surface area contributed by atoms with Gasteiger partial charge >= 0.3 is 0 Å². The average molecular weight is 248 g/mol. The van der Waals surface area contributed by atoms with Crippen molar-refractivity contribution in [1.82, 2.24) is 10.3 Å². The maximum absolute atomic E-state index is 11.9. The van der Waals surface area contributed by atoms with Crippen LogP contribution in [0, 0.1) is 0 Å². The summed E-state index contributed by atoms with van der Waals surface area (Å²) in [4.78, 5) is 15.8. The number of aromatic nitrogens is 1. The van der Waals surface area contributed by atoms with Crippen LogP contribution in [0.15, 0.2) is 35.2 Å². The lowest BCUT2D eigenvalue weighted by Gasteiger charge is -2.07. The molecule has 0 unspecified atom stereocenters. The van der Waals surface area contributed by atoms with E-state index in [1.165, 1.54) is 0 Å². The summed E-state index contributed by atoms with van der Waals surface area (Å²) in [6.45, 7) is 0.501. The molecule has 5 nitrogen and oxygen atoms in total. The number of carbonyl (C=O) groups is 1. The summed E-state index contributed by atoms with van der Waals surface area (Å²) in [7, 11) is 0. The van der Waals surface area contributed by atoms with E-state index in [4.69, 9.17) is 5.84 Å². The minimum Gasteiger partial charge on any atom is -0.348 e. The van der Waals surface area contributed by atoms with Crippen LogP contribution in [0.25, 0.3) is 0 Å². The van der Waals surface area contributed by atoms with Gasteiger partial charge in [0, 0.05) is 12.7 Å². The first kappa shape index (κ1) is 11.6. The zero-order valence-corrected chi connectivity index (χ0v) is 9.83. The van der Waals surface area contributed by atoms with Gasteiger partial charge in [-0.15, -0.1) is 0 Å². The molecule has 0 fully saturated rings. The number of carbonyl (C=O) groups excluding carboxylic acids is 1. The van der Waals surface area contributed by atoms with Crippen LogP contribution in [0.3, 0.4) is 0 Å². The van der Waals surface area contributed by atoms with Gasteiger partial charge in [0.25, 0.3) is 5.91 Å². The summed E-state index contributed by atoms with van der Waals surface area (Å²) >= 11 is 1.60. The topological polar surface area (TPSA) is 80.0 Å². The molecule has 88 valence electrons. The van der Waals surface area contributed by atoms with Crippen LogP contribution in [0.2, 0.25) is 0 Å². The first-order valence-electron chi connectivity index (χ1n) is 5.02. The van der Waals surface area contributed by atoms with Crippen LogP contribution in [-0.2, 0) is 6.54 Å². The number of hydrogen-bond donors (Lipinski definition) is 3. The highest BCUT2D eigenvalue weighted by Gasteiger charge is 2.10. The zero-order chi connectivity index (χ0) is 12.1. The summed E-state index contributed by atoms with van der Waals surface area (Å²) in [5.74, 6) is 5.46. The van der Waals surface area contributed by atoms with Gasteiger partial charge in [0.2, 0.25) is 0 Å². The smallest absolute Gasteiger partial charge is 0.255 e. The second-order valence-corrected chi connectivity index (χ2v) is 4.14. The number of nitrogens with one attached hydrogen (secondary N) is 2. The second kappa shape index (κ2) is 5.42. The predicted octanol–water partition coefficient (Wildman–Crippen LogP) is 1.36. The van der Waals surface area contributed by atoms with Crippen molar-refractivity contribution in [3.8, 4) is 0 Å². The van der Waals surface area contributed by atoms with E-state index in [2.05, 4.69) is 15.7 Å². The first-order chi connectivity index (χ1) is 8.31. The third-order valence-electron chi connectivity index (χ3n) is 2.22. The minimum atomic E-state index is -0.197. The molecule has 0 radical (unpaired) electrons. The van der Waals surface area contributed by atoms with Crippen LogP contribution in [0.4, 0.5) is 5.82 Å². The number of hydrazine groups is 1. The SMILES string of the molecule is NNc1ncccc1C(=O)NCc1ccsc1. The van der Waals surface area contributed by atoms with E-state index in [1.807, 2.05) is 16.8 Å². The monoisotopic (exact) mass is 248 g/mol. The molecule has 0 saturated heterocycles. The van der Waals surface area contributed by atoms with Crippen LogP contribution in [-0.4, -0.2) is 10.9 Å². The largest absolute Gasteiger partial charge is 0.348 e. The van der Waals surface area contributed by atoms with Crippen molar-refractivity contribution in [2.75, 3.05) is 5.43 Å². The van der Waals surface area contributed by atoms with Gasteiger partial charge in [-0.3, -0.25) is 4.79 Å². The maximum atomic E-state index is 11.9. The number of hydrogen-bond acceptors (Lipinski definition) is 5. The molecule has 1 amide bonds. The summed E-state index contributed by atoms with van der Waals surface area (Å²) in [6, 6.07) is 5.34. The molecule has 2 aromatic heterocycles. The molecule has 4 N–H and O–H groups in total. The third kappa shape index (κ3) is 2.80. The molecule has 0 spiro atoms. The van der Waals surface area contributed by atoms with E-state index in [9.17, 15) is 4.79 Å². The van der Waals surface area contributed by atoms with Gasteiger partial charge in [-0.2, -0.15) is 11.3 Å². The Bertz CT molecular complexity index is 498. The van der Waals surface area contributed by atoms with Gasteiger partial charge in [-0.25, -0.2) is 10.8 Å². The zero-order valence-electron chi connectivity index (χ0n) is 9.01. The van der Waals surface area contributed by atoms with Crippen molar-refractivity contribution >= 4 is 23.1 Å². The Balaban J connectivity index is 2.04. The van der Waals surface area contributed by atoms with Crippen molar-refractivity contribution in [2.24, 2.45) is 5.84 Å². The van der Waals surface area contributed by atoms with E-state index in [1.54, 1.807) is 29.7 Å². The lowest BCUT2D eigenvalue weighted by Crippen LogP contribution is -2.25.